The van der Waals surface area contributed by atoms with Crippen LogP contribution in [0.1, 0.15) is 127 Å². The number of allylic oxidation sites excluding steroid dienone is 1. The molecule has 0 spiro atoms. The van der Waals surface area contributed by atoms with E-state index in [1.807, 2.05) is 30.3 Å². The molecule has 0 bridgehead atoms. The minimum absolute atomic E-state index is 0.0579. The highest BCUT2D eigenvalue weighted by Crippen LogP contribution is 2.65. The van der Waals surface area contributed by atoms with Gasteiger partial charge in [-0.1, -0.05) is 81.1 Å². The third-order valence-electron chi connectivity index (χ3n) is 16.0. The molecule has 4 saturated carbocycles. The quantitative estimate of drug-likeness (QED) is 0.215. The van der Waals surface area contributed by atoms with Crippen molar-refractivity contribution in [2.75, 3.05) is 45.9 Å². The molecule has 0 amide bonds. The predicted molar refractivity (Wildman–Crippen MR) is 231 cm³/mol. The fourth-order valence-electron chi connectivity index (χ4n) is 12.6. The van der Waals surface area contributed by atoms with Gasteiger partial charge in [0.15, 0.2) is 5.78 Å². The Bertz CT molecular complexity index is 1930. The highest BCUT2D eigenvalue weighted by atomic mass is 32.2. The van der Waals surface area contributed by atoms with E-state index in [1.54, 1.807) is 6.07 Å². The average molecular weight is 847 g/mol. The van der Waals surface area contributed by atoms with E-state index in [1.165, 1.54) is 80.8 Å². The van der Waals surface area contributed by atoms with Crippen molar-refractivity contribution < 1.29 is 32.6 Å². The van der Waals surface area contributed by atoms with Crippen molar-refractivity contribution in [2.45, 2.75) is 132 Å². The smallest absolute Gasteiger partial charge is 0.416 e. The minimum Gasteiger partial charge on any atom is -0.462 e. The molecule has 60 heavy (non-hydrogen) atoms. The molecule has 326 valence electrons. The topological polar surface area (TPSA) is 70.1 Å². The van der Waals surface area contributed by atoms with Crippen LogP contribution in [0.2, 0.25) is 0 Å². The predicted octanol–water partition coefficient (Wildman–Crippen LogP) is 11.0. The van der Waals surface area contributed by atoms with Gasteiger partial charge in [-0.2, -0.15) is 13.2 Å². The lowest BCUT2D eigenvalue weighted by atomic mass is 9.47. The number of aliphatic hydroxyl groups is 1. The zero-order valence-corrected chi connectivity index (χ0v) is 36.6. The van der Waals surface area contributed by atoms with Crippen molar-refractivity contribution in [1.82, 2.24) is 9.80 Å². The molecule has 5 aliphatic carbocycles. The van der Waals surface area contributed by atoms with Gasteiger partial charge in [-0.3, -0.25) is 14.5 Å². The lowest BCUT2D eigenvalue weighted by Crippen LogP contribution is -2.51. The first-order valence-corrected chi connectivity index (χ1v) is 23.9. The third-order valence-corrected chi connectivity index (χ3v) is 17.2. The van der Waals surface area contributed by atoms with Crippen LogP contribution in [0.3, 0.4) is 0 Å². The van der Waals surface area contributed by atoms with Crippen LogP contribution >= 0.6 is 11.8 Å². The first-order chi connectivity index (χ1) is 28.9. The highest BCUT2D eigenvalue weighted by molar-refractivity contribution is 7.99. The van der Waals surface area contributed by atoms with E-state index in [4.69, 9.17) is 9.84 Å². The van der Waals surface area contributed by atoms with Gasteiger partial charge >= 0.3 is 12.1 Å². The molecule has 2 heterocycles. The number of ether oxygens (including phenoxy) is 1. The summed E-state index contributed by atoms with van der Waals surface area (Å²) in [5.74, 6) is 3.28. The molecule has 0 unspecified atom stereocenters. The molecular weight excluding hydrogens is 782 g/mol. The number of β-amino-alcohol motifs (C(OH)–C–C–N with tert-alkyl or cyclic N) is 1. The Balaban J connectivity index is 0.000000166. The molecule has 7 aliphatic rings. The van der Waals surface area contributed by atoms with Crippen LogP contribution in [0, 0.1) is 34.5 Å². The van der Waals surface area contributed by atoms with Gasteiger partial charge in [0.25, 0.3) is 0 Å². The van der Waals surface area contributed by atoms with E-state index in [2.05, 4.69) is 29.7 Å². The SMILES string of the molecule is C[C@]12CC[C@H]3[C@@H](CCC4=CC(=O)CC[C@@]43C)[C@@H]1CC[C@@H]2OC(=O)CCC1CCCC1.OCCN1CCN(CC/C=C2/c3ccccc3Sc3ccc(C(F)(F)F)cc32)CC1. The monoisotopic (exact) mass is 846 g/mol. The number of nitrogens with zero attached hydrogens (tertiary/aromatic N) is 2. The number of fused-ring (bicyclic) bond motifs is 7. The molecule has 9 rings (SSSR count). The summed E-state index contributed by atoms with van der Waals surface area (Å²) in [6, 6.07) is 12.0. The maximum absolute atomic E-state index is 13.3. The number of hydrogen-bond donors (Lipinski definition) is 1. The van der Waals surface area contributed by atoms with Crippen molar-refractivity contribution in [2.24, 2.45) is 34.5 Å². The Morgan fingerprint density at radius 2 is 1.62 bits per heavy atom. The first kappa shape index (κ1) is 43.7. The number of esters is 1. The van der Waals surface area contributed by atoms with Crippen LogP contribution in [-0.2, 0) is 20.5 Å². The lowest BCUT2D eigenvalue weighted by Gasteiger charge is -2.57. The number of piperazine rings is 1. The van der Waals surface area contributed by atoms with Gasteiger partial charge in [0.05, 0.1) is 12.2 Å². The first-order valence-electron chi connectivity index (χ1n) is 23.0. The van der Waals surface area contributed by atoms with E-state index in [9.17, 15) is 22.8 Å². The van der Waals surface area contributed by atoms with Gasteiger partial charge in [-0.05, 0) is 134 Å². The van der Waals surface area contributed by atoms with Crippen molar-refractivity contribution in [3.8, 4) is 0 Å². The molecule has 5 fully saturated rings. The van der Waals surface area contributed by atoms with Gasteiger partial charge in [0, 0.05) is 67.3 Å². The van der Waals surface area contributed by atoms with Crippen LogP contribution < -0.4 is 0 Å². The summed E-state index contributed by atoms with van der Waals surface area (Å²) < 4.78 is 46.1. The number of alkyl halides is 3. The van der Waals surface area contributed by atoms with Crippen LogP contribution in [0.15, 0.2) is 70.0 Å². The maximum Gasteiger partial charge on any atom is 0.416 e. The van der Waals surface area contributed by atoms with Crippen LogP contribution in [0.25, 0.3) is 5.57 Å². The molecule has 2 aromatic carbocycles. The van der Waals surface area contributed by atoms with Crippen molar-refractivity contribution >= 4 is 29.1 Å². The largest absolute Gasteiger partial charge is 0.462 e. The number of halogens is 3. The Morgan fingerprint density at radius 1 is 0.883 bits per heavy atom. The number of rotatable bonds is 9. The number of carbonyl (C=O) groups is 2. The summed E-state index contributed by atoms with van der Waals surface area (Å²) in [4.78, 5) is 31.2. The van der Waals surface area contributed by atoms with E-state index < -0.39 is 11.7 Å². The fourth-order valence-corrected chi connectivity index (χ4v) is 13.7. The molecule has 2 aromatic rings. The molecule has 1 saturated heterocycles. The van der Waals surface area contributed by atoms with Gasteiger partial charge in [0.2, 0.25) is 0 Å². The summed E-state index contributed by atoms with van der Waals surface area (Å²) in [5, 5.41) is 9.06. The van der Waals surface area contributed by atoms with Gasteiger partial charge in [-0.15, -0.1) is 0 Å². The maximum atomic E-state index is 13.3. The number of carbonyl (C=O) groups excluding carboxylic acids is 2. The molecule has 0 radical (unpaired) electrons. The average Bonchev–Trinajstić information content (AvgIpc) is 3.88. The van der Waals surface area contributed by atoms with Gasteiger partial charge in [0.1, 0.15) is 6.10 Å². The minimum atomic E-state index is -4.35. The van der Waals surface area contributed by atoms with E-state index in [0.717, 1.165) is 104 Å². The Hall–Kier alpha value is -2.92. The molecule has 6 nitrogen and oxygen atoms in total. The van der Waals surface area contributed by atoms with Gasteiger partial charge < -0.3 is 14.7 Å². The summed E-state index contributed by atoms with van der Waals surface area (Å²) >= 11 is 1.53. The molecule has 2 aliphatic heterocycles. The summed E-state index contributed by atoms with van der Waals surface area (Å²) in [6.45, 7) is 10.4. The van der Waals surface area contributed by atoms with E-state index in [0.29, 0.717) is 36.1 Å². The van der Waals surface area contributed by atoms with E-state index in [-0.39, 0.29) is 29.5 Å². The van der Waals surface area contributed by atoms with Crippen molar-refractivity contribution in [1.29, 1.82) is 0 Å². The summed E-state index contributed by atoms with van der Waals surface area (Å²) in [6.07, 6.45) is 16.4. The molecular formula is C50H65F3N2O4S. The normalized spacial score (nSPS) is 31.3. The second-order valence-electron chi connectivity index (χ2n) is 19.4. The molecule has 0 aromatic heterocycles. The highest BCUT2D eigenvalue weighted by Gasteiger charge is 2.60. The summed E-state index contributed by atoms with van der Waals surface area (Å²) in [5.41, 5.74) is 3.79. The summed E-state index contributed by atoms with van der Waals surface area (Å²) in [7, 11) is 0. The Morgan fingerprint density at radius 3 is 2.37 bits per heavy atom. The zero-order chi connectivity index (χ0) is 42.1. The van der Waals surface area contributed by atoms with E-state index >= 15 is 0 Å². The van der Waals surface area contributed by atoms with Gasteiger partial charge in [-0.25, -0.2) is 0 Å². The Labute approximate surface area is 359 Å². The number of hydrogen-bond acceptors (Lipinski definition) is 7. The number of ketones is 1. The number of aliphatic hydroxyl groups excluding tert-OH is 1. The number of benzene rings is 2. The molecule has 10 heteroatoms. The molecule has 6 atom stereocenters. The second kappa shape index (κ2) is 18.4. The lowest BCUT2D eigenvalue weighted by molar-refractivity contribution is -0.160. The van der Waals surface area contributed by atoms with Crippen LogP contribution in [0.4, 0.5) is 13.2 Å². The zero-order valence-electron chi connectivity index (χ0n) is 35.7. The van der Waals surface area contributed by atoms with Crippen molar-refractivity contribution in [3.63, 3.8) is 0 Å². The molecule has 1 N–H and O–H groups in total. The Kier molecular flexibility index (Phi) is 13.4. The standard InChI is InChI=1S/C27H40O3.C23H25F3N2OS/c1-26-15-13-20(28)17-19(26)8-9-21-22-10-11-24(27(22,2)16-14-23(21)26)30-25(29)12-7-18-5-3-4-6-18;24-23(25,26)17-7-8-22-20(16-17)18(19-4-1-2-6-21(19)30-22)5-3-9-27-10-12-28(13-11-27)14-15-29/h17-18,21-24H,3-16H2,1-2H3;1-2,4-8,16,29H,3,9-15H2/b;18-5-/t21-,22-,23-,24-,26-,27-;/m0./s1. The van der Waals surface area contributed by atoms with Crippen LogP contribution in [-0.4, -0.2) is 78.6 Å². The van der Waals surface area contributed by atoms with Crippen molar-refractivity contribution in [3.05, 3.63) is 76.9 Å². The fraction of sp³-hybridized carbons (Fsp3) is 0.640. The second-order valence-corrected chi connectivity index (χ2v) is 20.5. The van der Waals surface area contributed by atoms with Crippen LogP contribution in [0.5, 0.6) is 0 Å². The third kappa shape index (κ3) is 9.23.